The summed E-state index contributed by atoms with van der Waals surface area (Å²) in [6.45, 7) is 2.82. The smallest absolute Gasteiger partial charge is 0.341 e. The number of nitrogens with one attached hydrogen (secondary N) is 1. The Bertz CT molecular complexity index is 702. The van der Waals surface area contributed by atoms with E-state index in [1.807, 2.05) is 0 Å². The van der Waals surface area contributed by atoms with Crippen molar-refractivity contribution >= 4 is 27.6 Å². The van der Waals surface area contributed by atoms with Crippen LogP contribution in [0.15, 0.2) is 24.3 Å². The molecule has 0 aliphatic carbocycles. The fraction of sp³-hybridized carbons (Fsp3) is 0.500. The molecule has 0 aliphatic heterocycles. The first-order chi connectivity index (χ1) is 12.1. The van der Waals surface area contributed by atoms with Crippen molar-refractivity contribution in [2.45, 2.75) is 20.0 Å². The molecule has 0 radical (unpaired) electrons. The van der Waals surface area contributed by atoms with Gasteiger partial charge in [-0.05, 0) is 38.1 Å². The summed E-state index contributed by atoms with van der Waals surface area (Å²) in [5, 5.41) is 8.55. The van der Waals surface area contributed by atoms with Crippen molar-refractivity contribution < 1.29 is 32.6 Å². The number of anilines is 1. The van der Waals surface area contributed by atoms with Gasteiger partial charge >= 0.3 is 5.97 Å². The zero-order valence-electron chi connectivity index (χ0n) is 15.0. The molecule has 9 nitrogen and oxygen atoms in total. The highest BCUT2D eigenvalue weighted by Crippen LogP contribution is 2.18. The molecule has 0 spiro atoms. The van der Waals surface area contributed by atoms with Crippen molar-refractivity contribution in [1.29, 1.82) is 0 Å². The van der Waals surface area contributed by atoms with Gasteiger partial charge in [0.2, 0.25) is 15.9 Å². The molecular weight excluding hydrogens is 364 g/mol. The molecule has 1 rings (SSSR count). The van der Waals surface area contributed by atoms with Gasteiger partial charge < -0.3 is 19.5 Å². The third-order valence-electron chi connectivity index (χ3n) is 3.21. The number of hydrogen-bond donors (Lipinski definition) is 2. The molecule has 10 heteroatoms. The van der Waals surface area contributed by atoms with E-state index in [0.29, 0.717) is 11.4 Å². The van der Waals surface area contributed by atoms with Crippen LogP contribution in [-0.2, 0) is 24.3 Å². The minimum absolute atomic E-state index is 0.0504. The number of nitrogens with zero attached hydrogens (tertiary/aromatic N) is 1. The summed E-state index contributed by atoms with van der Waals surface area (Å²) >= 11 is 0. The second kappa shape index (κ2) is 10.1. The molecule has 0 unspecified atom stereocenters. The summed E-state index contributed by atoms with van der Waals surface area (Å²) in [5.74, 6) is -1.41. The first-order valence-electron chi connectivity index (χ1n) is 7.91. The van der Waals surface area contributed by atoms with E-state index in [2.05, 4.69) is 4.72 Å². The minimum Gasteiger partial charge on any atom is -0.482 e. The molecule has 1 amide bonds. The summed E-state index contributed by atoms with van der Waals surface area (Å²) in [5.41, 5.74) is 0.514. The number of sulfonamides is 1. The molecule has 26 heavy (non-hydrogen) atoms. The number of amides is 1. The second-order valence-corrected chi connectivity index (χ2v) is 7.62. The van der Waals surface area contributed by atoms with E-state index >= 15 is 0 Å². The number of likely N-dealkylation sites (N-methyl/N-ethyl adjacent to an activating group) is 1. The lowest BCUT2D eigenvalue weighted by Gasteiger charge is -2.18. The Morgan fingerprint density at radius 3 is 2.38 bits per heavy atom. The lowest BCUT2D eigenvalue weighted by atomic mass is 10.3. The van der Waals surface area contributed by atoms with Crippen LogP contribution in [0.2, 0.25) is 0 Å². The quantitative estimate of drug-likeness (QED) is 0.564. The number of hydrogen-bond acceptors (Lipinski definition) is 6. The van der Waals surface area contributed by atoms with Crippen LogP contribution >= 0.6 is 0 Å². The summed E-state index contributed by atoms with van der Waals surface area (Å²) in [6.07, 6.45) is -0.0691. The Labute approximate surface area is 152 Å². The third-order valence-corrected chi connectivity index (χ3v) is 4.50. The predicted molar refractivity (Wildman–Crippen MR) is 95.9 cm³/mol. The number of carboxylic acid groups (broad SMARTS) is 1. The number of benzene rings is 1. The molecule has 0 fully saturated rings. The lowest BCUT2D eigenvalue weighted by Crippen LogP contribution is -2.39. The van der Waals surface area contributed by atoms with E-state index in [4.69, 9.17) is 14.6 Å². The standard InChI is InChI=1S/C16H24N2O7S/c1-12(2)24-8-9-26(22,23)17-10-15(19)18(3)13-4-6-14(7-5-13)25-11-16(20)21/h4-7,12,17H,8-11H2,1-3H3,(H,20,21). The second-order valence-electron chi connectivity index (χ2n) is 5.69. The minimum atomic E-state index is -3.61. The van der Waals surface area contributed by atoms with Crippen LogP contribution in [0.1, 0.15) is 13.8 Å². The van der Waals surface area contributed by atoms with Crippen molar-refractivity contribution in [3.63, 3.8) is 0 Å². The zero-order valence-corrected chi connectivity index (χ0v) is 15.8. The van der Waals surface area contributed by atoms with E-state index in [9.17, 15) is 18.0 Å². The van der Waals surface area contributed by atoms with Crippen molar-refractivity contribution in [2.24, 2.45) is 0 Å². The van der Waals surface area contributed by atoms with Crippen LogP contribution in [0.25, 0.3) is 0 Å². The van der Waals surface area contributed by atoms with Crippen LogP contribution < -0.4 is 14.4 Å². The molecule has 1 aromatic rings. The Morgan fingerprint density at radius 1 is 1.23 bits per heavy atom. The third kappa shape index (κ3) is 8.28. The summed E-state index contributed by atoms with van der Waals surface area (Å²) in [7, 11) is -2.10. The molecule has 0 aromatic heterocycles. The van der Waals surface area contributed by atoms with Gasteiger partial charge in [-0.3, -0.25) is 4.79 Å². The molecule has 0 saturated carbocycles. The van der Waals surface area contributed by atoms with E-state index in [0.717, 1.165) is 0 Å². The van der Waals surface area contributed by atoms with Crippen LogP contribution in [0, 0.1) is 0 Å². The predicted octanol–water partition coefficient (Wildman–Crippen LogP) is 0.457. The molecule has 1 aromatic carbocycles. The van der Waals surface area contributed by atoms with E-state index in [-0.39, 0.29) is 25.0 Å². The van der Waals surface area contributed by atoms with Crippen molar-refractivity contribution in [3.05, 3.63) is 24.3 Å². The highest BCUT2D eigenvalue weighted by atomic mass is 32.2. The number of carboxylic acids is 1. The van der Waals surface area contributed by atoms with Crippen molar-refractivity contribution in [1.82, 2.24) is 4.72 Å². The van der Waals surface area contributed by atoms with Gasteiger partial charge in [-0.25, -0.2) is 17.9 Å². The van der Waals surface area contributed by atoms with Crippen LogP contribution in [-0.4, -0.2) is 64.1 Å². The van der Waals surface area contributed by atoms with Crippen LogP contribution in [0.3, 0.4) is 0 Å². The highest BCUT2D eigenvalue weighted by molar-refractivity contribution is 7.89. The number of ether oxygens (including phenoxy) is 2. The Balaban J connectivity index is 2.52. The van der Waals surface area contributed by atoms with Gasteiger partial charge in [0.15, 0.2) is 6.61 Å². The topological polar surface area (TPSA) is 122 Å². The average Bonchev–Trinajstić information content (AvgIpc) is 2.57. The monoisotopic (exact) mass is 388 g/mol. The molecule has 2 N–H and O–H groups in total. The number of aliphatic carboxylic acids is 1. The molecule has 0 saturated heterocycles. The highest BCUT2D eigenvalue weighted by Gasteiger charge is 2.16. The summed E-state index contributed by atoms with van der Waals surface area (Å²) in [4.78, 5) is 23.9. The van der Waals surface area contributed by atoms with Gasteiger partial charge in [0.05, 0.1) is 25.0 Å². The number of rotatable bonds is 11. The van der Waals surface area contributed by atoms with Crippen molar-refractivity contribution in [2.75, 3.05) is 37.5 Å². The Morgan fingerprint density at radius 2 is 1.85 bits per heavy atom. The summed E-state index contributed by atoms with van der Waals surface area (Å²) in [6, 6.07) is 6.19. The fourth-order valence-corrected chi connectivity index (χ4v) is 2.61. The molecule has 146 valence electrons. The summed E-state index contributed by atoms with van der Waals surface area (Å²) < 4.78 is 36.1. The molecular formula is C16H24N2O7S. The maximum atomic E-state index is 12.1. The Hall–Kier alpha value is -2.17. The van der Waals surface area contributed by atoms with Gasteiger partial charge in [0, 0.05) is 12.7 Å². The first-order valence-corrected chi connectivity index (χ1v) is 9.56. The van der Waals surface area contributed by atoms with Crippen LogP contribution in [0.5, 0.6) is 5.75 Å². The Kier molecular flexibility index (Phi) is 8.49. The zero-order chi connectivity index (χ0) is 19.7. The van der Waals surface area contributed by atoms with Gasteiger partial charge in [-0.1, -0.05) is 0 Å². The van der Waals surface area contributed by atoms with Gasteiger partial charge in [-0.15, -0.1) is 0 Å². The van der Waals surface area contributed by atoms with Gasteiger partial charge in [0.25, 0.3) is 0 Å². The van der Waals surface area contributed by atoms with E-state index < -0.39 is 28.5 Å². The van der Waals surface area contributed by atoms with Crippen LogP contribution in [0.4, 0.5) is 5.69 Å². The lowest BCUT2D eigenvalue weighted by molar-refractivity contribution is -0.139. The van der Waals surface area contributed by atoms with Crippen molar-refractivity contribution in [3.8, 4) is 5.75 Å². The van der Waals surface area contributed by atoms with E-state index in [1.165, 1.54) is 24.1 Å². The normalized spacial score (nSPS) is 11.4. The maximum Gasteiger partial charge on any atom is 0.341 e. The largest absolute Gasteiger partial charge is 0.482 e. The van der Waals surface area contributed by atoms with E-state index in [1.54, 1.807) is 26.0 Å². The molecule has 0 atom stereocenters. The molecule has 0 heterocycles. The average molecular weight is 388 g/mol. The number of carbonyl (C=O) groups excluding carboxylic acids is 1. The van der Waals surface area contributed by atoms with Gasteiger partial charge in [0.1, 0.15) is 5.75 Å². The first kappa shape index (κ1) is 21.9. The fourth-order valence-electron chi connectivity index (χ4n) is 1.81. The molecule has 0 aliphatic rings. The molecule has 0 bridgehead atoms. The maximum absolute atomic E-state index is 12.1. The van der Waals surface area contributed by atoms with Gasteiger partial charge in [-0.2, -0.15) is 0 Å². The number of carbonyl (C=O) groups is 2. The SMILES string of the molecule is CC(C)OCCS(=O)(=O)NCC(=O)N(C)c1ccc(OCC(=O)O)cc1.